The number of hydrogen-bond donors (Lipinski definition) is 0. The maximum atomic E-state index is 12.3. The van der Waals surface area contributed by atoms with Crippen LogP contribution in [0.25, 0.3) is 0 Å². The maximum absolute atomic E-state index is 12.3. The number of allylic oxidation sites excluding steroid dienone is 4. The number of nitrogens with zero attached hydrogens (tertiary/aromatic N) is 4. The summed E-state index contributed by atoms with van der Waals surface area (Å²) in [4.78, 5) is 54.2. The predicted octanol–water partition coefficient (Wildman–Crippen LogP) is 1.96. The molecule has 8 heteroatoms. The lowest BCUT2D eigenvalue weighted by molar-refractivity contribution is -0.127. The topological polar surface area (TPSA) is 81.2 Å². The lowest BCUT2D eigenvalue weighted by Crippen LogP contribution is -2.33. The first-order valence-electron chi connectivity index (χ1n) is 9.23. The highest BCUT2D eigenvalue weighted by Crippen LogP contribution is 2.21. The van der Waals surface area contributed by atoms with E-state index in [1.807, 2.05) is 13.8 Å². The fraction of sp³-hybridized carbons (Fsp3) is 0.474. The summed E-state index contributed by atoms with van der Waals surface area (Å²) in [6, 6.07) is -1.20. The standard InChI is InChI=1S/C19H26N4O4/c1-5-20-14(16(24)22(7-3)18(20)26)12-10-9-11-13-15-17(25)23(8-4)19(27)21(15)6-2/h9-14H,5-8H2,1-4H3. The van der Waals surface area contributed by atoms with Gasteiger partial charge in [-0.3, -0.25) is 24.3 Å². The van der Waals surface area contributed by atoms with Crippen LogP contribution in [0.5, 0.6) is 0 Å². The highest BCUT2D eigenvalue weighted by Gasteiger charge is 2.41. The van der Waals surface area contributed by atoms with E-state index in [4.69, 9.17) is 0 Å². The van der Waals surface area contributed by atoms with E-state index >= 15 is 0 Å². The van der Waals surface area contributed by atoms with Gasteiger partial charge in [0.1, 0.15) is 11.7 Å². The third-order valence-corrected chi connectivity index (χ3v) is 4.61. The fourth-order valence-corrected chi connectivity index (χ4v) is 3.19. The molecule has 146 valence electrons. The monoisotopic (exact) mass is 374 g/mol. The molecule has 0 bridgehead atoms. The molecule has 0 aromatic rings. The number of hydrogen-bond acceptors (Lipinski definition) is 4. The summed E-state index contributed by atoms with van der Waals surface area (Å²) in [5.41, 5.74) is 0.327. The zero-order valence-corrected chi connectivity index (χ0v) is 16.2. The second kappa shape index (κ2) is 8.66. The minimum absolute atomic E-state index is 0.236. The van der Waals surface area contributed by atoms with Crippen molar-refractivity contribution < 1.29 is 19.2 Å². The molecule has 2 saturated heterocycles. The van der Waals surface area contributed by atoms with Crippen LogP contribution in [0.4, 0.5) is 9.59 Å². The van der Waals surface area contributed by atoms with Gasteiger partial charge in [-0.15, -0.1) is 0 Å². The van der Waals surface area contributed by atoms with E-state index in [0.717, 1.165) is 0 Å². The van der Waals surface area contributed by atoms with E-state index in [2.05, 4.69) is 0 Å². The summed E-state index contributed by atoms with van der Waals surface area (Å²) in [5.74, 6) is -0.551. The molecule has 2 aliphatic rings. The van der Waals surface area contributed by atoms with E-state index in [1.54, 1.807) is 44.2 Å². The minimum Gasteiger partial charge on any atom is -0.309 e. The number of imide groups is 2. The van der Waals surface area contributed by atoms with Crippen molar-refractivity contribution in [1.82, 2.24) is 19.6 Å². The van der Waals surface area contributed by atoms with Crippen molar-refractivity contribution in [1.29, 1.82) is 0 Å². The van der Waals surface area contributed by atoms with Crippen LogP contribution < -0.4 is 0 Å². The molecule has 0 saturated carbocycles. The number of likely N-dealkylation sites (N-methyl/N-ethyl adjacent to an activating group) is 4. The molecule has 0 aromatic carbocycles. The molecule has 1 unspecified atom stereocenters. The van der Waals surface area contributed by atoms with Crippen LogP contribution in [0.2, 0.25) is 0 Å². The van der Waals surface area contributed by atoms with E-state index in [-0.39, 0.29) is 23.9 Å². The minimum atomic E-state index is -0.614. The molecule has 27 heavy (non-hydrogen) atoms. The first kappa shape index (κ1) is 20.4. The molecule has 2 fully saturated rings. The van der Waals surface area contributed by atoms with Crippen LogP contribution in [0.3, 0.4) is 0 Å². The van der Waals surface area contributed by atoms with Crippen molar-refractivity contribution in [2.45, 2.75) is 33.7 Å². The highest BCUT2D eigenvalue weighted by atomic mass is 16.2. The average molecular weight is 374 g/mol. The molecule has 0 N–H and O–H groups in total. The molecule has 0 radical (unpaired) electrons. The molecule has 8 nitrogen and oxygen atoms in total. The van der Waals surface area contributed by atoms with Crippen LogP contribution in [0.15, 0.2) is 36.1 Å². The summed E-state index contributed by atoms with van der Waals surface area (Å²) in [7, 11) is 0. The van der Waals surface area contributed by atoms with Crippen LogP contribution >= 0.6 is 0 Å². The van der Waals surface area contributed by atoms with E-state index in [0.29, 0.717) is 31.9 Å². The average Bonchev–Trinajstić information content (AvgIpc) is 3.03. The van der Waals surface area contributed by atoms with Gasteiger partial charge in [0.15, 0.2) is 0 Å². The SMILES string of the molecule is CCN1C(=O)C(=CC=CC=CC2C(=O)N(CC)C(=O)N2CC)N(CC)C1=O. The highest BCUT2D eigenvalue weighted by molar-refractivity contribution is 6.11. The number of urea groups is 2. The van der Waals surface area contributed by atoms with Crippen LogP contribution in [-0.4, -0.2) is 75.7 Å². The first-order valence-corrected chi connectivity index (χ1v) is 9.23. The Morgan fingerprint density at radius 2 is 1.37 bits per heavy atom. The Hall–Kier alpha value is -2.90. The van der Waals surface area contributed by atoms with Gasteiger partial charge < -0.3 is 4.90 Å². The number of rotatable bonds is 7. The summed E-state index contributed by atoms with van der Waals surface area (Å²) >= 11 is 0. The Morgan fingerprint density at radius 3 is 1.93 bits per heavy atom. The smallest absolute Gasteiger partial charge is 0.309 e. The molecule has 6 amide bonds. The third kappa shape index (κ3) is 3.65. The molecule has 1 atom stereocenters. The lowest BCUT2D eigenvalue weighted by atomic mass is 10.2. The summed E-state index contributed by atoms with van der Waals surface area (Å²) in [5, 5.41) is 0. The molecule has 2 aliphatic heterocycles. The van der Waals surface area contributed by atoms with Gasteiger partial charge in [0.2, 0.25) is 0 Å². The predicted molar refractivity (Wildman–Crippen MR) is 100 cm³/mol. The van der Waals surface area contributed by atoms with Gasteiger partial charge in [0.05, 0.1) is 0 Å². The molecule has 2 heterocycles. The fourth-order valence-electron chi connectivity index (χ4n) is 3.19. The Kier molecular flexibility index (Phi) is 6.55. The third-order valence-electron chi connectivity index (χ3n) is 4.61. The summed E-state index contributed by atoms with van der Waals surface area (Å²) < 4.78 is 0. The van der Waals surface area contributed by atoms with E-state index < -0.39 is 6.04 Å². The van der Waals surface area contributed by atoms with Crippen LogP contribution in [-0.2, 0) is 9.59 Å². The Bertz CT molecular complexity index is 725. The van der Waals surface area contributed by atoms with Gasteiger partial charge >= 0.3 is 12.1 Å². The van der Waals surface area contributed by atoms with Gasteiger partial charge in [0, 0.05) is 26.2 Å². The van der Waals surface area contributed by atoms with Crippen molar-refractivity contribution in [3.63, 3.8) is 0 Å². The van der Waals surface area contributed by atoms with Crippen molar-refractivity contribution in [3.8, 4) is 0 Å². The van der Waals surface area contributed by atoms with E-state index in [1.165, 1.54) is 19.6 Å². The van der Waals surface area contributed by atoms with Gasteiger partial charge in [-0.2, -0.15) is 0 Å². The van der Waals surface area contributed by atoms with Crippen LogP contribution in [0.1, 0.15) is 27.7 Å². The zero-order chi connectivity index (χ0) is 20.1. The van der Waals surface area contributed by atoms with Gasteiger partial charge in [-0.1, -0.05) is 24.3 Å². The van der Waals surface area contributed by atoms with Gasteiger partial charge in [0.25, 0.3) is 11.8 Å². The Balaban J connectivity index is 2.11. The number of carbonyl (C=O) groups excluding carboxylic acids is 4. The Labute approximate surface area is 159 Å². The largest absolute Gasteiger partial charge is 0.331 e. The molecule has 0 spiro atoms. The number of amides is 6. The Morgan fingerprint density at radius 1 is 0.741 bits per heavy atom. The first-order chi connectivity index (χ1) is 12.9. The van der Waals surface area contributed by atoms with E-state index in [9.17, 15) is 19.2 Å². The van der Waals surface area contributed by atoms with Crippen molar-refractivity contribution in [2.75, 3.05) is 26.2 Å². The summed E-state index contributed by atoms with van der Waals surface area (Å²) in [6.45, 7) is 8.68. The second-order valence-corrected chi connectivity index (χ2v) is 5.99. The molecule has 2 rings (SSSR count). The van der Waals surface area contributed by atoms with Crippen LogP contribution in [0, 0.1) is 0 Å². The lowest BCUT2D eigenvalue weighted by Gasteiger charge is -2.16. The molecule has 0 aliphatic carbocycles. The van der Waals surface area contributed by atoms with Crippen molar-refractivity contribution in [3.05, 3.63) is 36.1 Å². The molecular weight excluding hydrogens is 348 g/mol. The van der Waals surface area contributed by atoms with Gasteiger partial charge in [-0.25, -0.2) is 9.59 Å². The molecular formula is C19H26N4O4. The number of carbonyl (C=O) groups is 4. The normalized spacial score (nSPS) is 22.8. The second-order valence-electron chi connectivity index (χ2n) is 5.99. The van der Waals surface area contributed by atoms with Crippen molar-refractivity contribution >= 4 is 23.9 Å². The van der Waals surface area contributed by atoms with Gasteiger partial charge in [-0.05, 0) is 33.8 Å². The zero-order valence-electron chi connectivity index (χ0n) is 16.2. The summed E-state index contributed by atoms with van der Waals surface area (Å²) in [6.07, 6.45) is 8.23. The maximum Gasteiger partial charge on any atom is 0.331 e. The quantitative estimate of drug-likeness (QED) is 0.388. The molecule has 0 aromatic heterocycles. The van der Waals surface area contributed by atoms with Crippen molar-refractivity contribution in [2.24, 2.45) is 0 Å².